The van der Waals surface area contributed by atoms with Gasteiger partial charge in [-0.15, -0.1) is 0 Å². The van der Waals surface area contributed by atoms with Crippen LogP contribution in [-0.2, 0) is 21.4 Å². The Morgan fingerprint density at radius 2 is 1.89 bits per heavy atom. The maximum Gasteiger partial charge on any atom is 0.325 e. The maximum atomic E-state index is 11.9. The first kappa shape index (κ1) is 19.9. The van der Waals surface area contributed by atoms with Crippen LogP contribution in [-0.4, -0.2) is 35.2 Å². The zero-order valence-electron chi connectivity index (χ0n) is 15.6. The van der Waals surface area contributed by atoms with Gasteiger partial charge in [0, 0.05) is 24.7 Å². The Balaban J connectivity index is 1.41. The molecule has 0 aromatic carbocycles. The first-order chi connectivity index (χ1) is 12.8. The number of hydrogen-bond acceptors (Lipinski definition) is 5. The molecule has 0 atom stereocenters. The van der Waals surface area contributed by atoms with Gasteiger partial charge in [0.25, 0.3) is 5.56 Å². The van der Waals surface area contributed by atoms with Gasteiger partial charge in [0.15, 0.2) is 0 Å². The SMILES string of the molecule is Cn1cc(Br)c(OC2CCC(OC(=O)CNC(=O)C3(C)CC3)CC2)cc1=O. The number of nitrogens with zero attached hydrogens (tertiary/aromatic N) is 1. The molecule has 2 saturated carbocycles. The Morgan fingerprint density at radius 1 is 1.26 bits per heavy atom. The second-order valence-electron chi connectivity index (χ2n) is 7.68. The van der Waals surface area contributed by atoms with E-state index in [0.717, 1.165) is 30.2 Å². The van der Waals surface area contributed by atoms with Crippen molar-refractivity contribution >= 4 is 27.8 Å². The largest absolute Gasteiger partial charge is 0.489 e. The van der Waals surface area contributed by atoms with Crippen molar-refractivity contribution in [3.8, 4) is 5.75 Å². The Hall–Kier alpha value is -1.83. The van der Waals surface area contributed by atoms with Crippen molar-refractivity contribution in [1.29, 1.82) is 0 Å². The van der Waals surface area contributed by atoms with Crippen LogP contribution < -0.4 is 15.6 Å². The van der Waals surface area contributed by atoms with Crippen LogP contribution in [0.15, 0.2) is 21.5 Å². The number of aryl methyl sites for hydroxylation is 1. The van der Waals surface area contributed by atoms with E-state index in [1.165, 1.54) is 10.6 Å². The summed E-state index contributed by atoms with van der Waals surface area (Å²) >= 11 is 3.41. The number of hydrogen-bond donors (Lipinski definition) is 1. The molecular weight excluding hydrogens is 416 g/mol. The summed E-state index contributed by atoms with van der Waals surface area (Å²) in [5, 5.41) is 2.66. The van der Waals surface area contributed by atoms with Gasteiger partial charge in [-0.2, -0.15) is 0 Å². The number of amides is 1. The third kappa shape index (κ3) is 5.12. The van der Waals surface area contributed by atoms with Gasteiger partial charge in [-0.3, -0.25) is 14.4 Å². The topological polar surface area (TPSA) is 86.6 Å². The summed E-state index contributed by atoms with van der Waals surface area (Å²) in [6.45, 7) is 1.82. The van der Waals surface area contributed by atoms with Gasteiger partial charge in [-0.05, 0) is 54.5 Å². The summed E-state index contributed by atoms with van der Waals surface area (Å²) in [6.07, 6.45) is 6.14. The van der Waals surface area contributed by atoms with E-state index in [1.807, 2.05) is 6.92 Å². The van der Waals surface area contributed by atoms with Crippen LogP contribution in [0, 0.1) is 5.41 Å². The molecular formula is C19H25BrN2O5. The highest BCUT2D eigenvalue weighted by atomic mass is 79.9. The van der Waals surface area contributed by atoms with Gasteiger partial charge < -0.3 is 19.4 Å². The molecule has 2 fully saturated rings. The van der Waals surface area contributed by atoms with Crippen molar-refractivity contribution < 1.29 is 19.1 Å². The standard InChI is InChI=1S/C19H25BrN2O5/c1-19(7-8-19)18(25)21-10-17(24)27-13-5-3-12(4-6-13)26-15-9-16(23)22(2)11-14(15)20/h9,11-13H,3-8,10H2,1-2H3,(H,21,25). The third-order valence-electron chi connectivity index (χ3n) is 5.30. The average Bonchev–Trinajstić information content (AvgIpc) is 3.38. The molecule has 1 N–H and O–H groups in total. The Labute approximate surface area is 166 Å². The fraction of sp³-hybridized carbons (Fsp3) is 0.632. The molecule has 1 aromatic heterocycles. The fourth-order valence-corrected chi connectivity index (χ4v) is 3.64. The van der Waals surface area contributed by atoms with Crippen molar-refractivity contribution in [3.05, 3.63) is 27.1 Å². The molecule has 27 heavy (non-hydrogen) atoms. The van der Waals surface area contributed by atoms with Crippen LogP contribution in [0.1, 0.15) is 45.4 Å². The lowest BCUT2D eigenvalue weighted by atomic mass is 9.95. The third-order valence-corrected chi connectivity index (χ3v) is 5.89. The molecule has 148 valence electrons. The molecule has 0 aliphatic heterocycles. The normalized spacial score (nSPS) is 23.4. The molecule has 0 spiro atoms. The molecule has 0 unspecified atom stereocenters. The van der Waals surface area contributed by atoms with E-state index < -0.39 is 5.97 Å². The van der Waals surface area contributed by atoms with Crippen molar-refractivity contribution in [2.45, 2.75) is 57.7 Å². The van der Waals surface area contributed by atoms with Crippen molar-refractivity contribution in [2.24, 2.45) is 12.5 Å². The molecule has 0 radical (unpaired) electrons. The smallest absolute Gasteiger partial charge is 0.325 e. The molecule has 8 heteroatoms. The molecule has 3 rings (SSSR count). The number of rotatable bonds is 6. The van der Waals surface area contributed by atoms with Crippen LogP contribution in [0.3, 0.4) is 0 Å². The summed E-state index contributed by atoms with van der Waals surface area (Å²) in [6, 6.07) is 1.47. The molecule has 7 nitrogen and oxygen atoms in total. The number of halogens is 1. The predicted molar refractivity (Wildman–Crippen MR) is 102 cm³/mol. The van der Waals surface area contributed by atoms with Crippen LogP contribution in [0.2, 0.25) is 0 Å². The number of carbonyl (C=O) groups is 2. The average molecular weight is 441 g/mol. The van der Waals surface area contributed by atoms with E-state index in [4.69, 9.17) is 9.47 Å². The molecule has 2 aliphatic rings. The summed E-state index contributed by atoms with van der Waals surface area (Å²) in [5.74, 6) is 0.0669. The minimum atomic E-state index is -0.397. The van der Waals surface area contributed by atoms with Gasteiger partial charge in [0.05, 0.1) is 10.6 Å². The van der Waals surface area contributed by atoms with Gasteiger partial charge in [0.1, 0.15) is 18.4 Å². The van der Waals surface area contributed by atoms with Crippen molar-refractivity contribution in [2.75, 3.05) is 6.54 Å². The molecule has 1 heterocycles. The number of pyridine rings is 1. The van der Waals surface area contributed by atoms with E-state index in [1.54, 1.807) is 13.2 Å². The quantitative estimate of drug-likeness (QED) is 0.685. The van der Waals surface area contributed by atoms with Crippen molar-refractivity contribution in [3.63, 3.8) is 0 Å². The predicted octanol–water partition coefficient (Wildman–Crippen LogP) is 2.30. The number of aromatic nitrogens is 1. The van der Waals surface area contributed by atoms with E-state index >= 15 is 0 Å². The van der Waals surface area contributed by atoms with E-state index in [9.17, 15) is 14.4 Å². The molecule has 2 aliphatic carbocycles. The highest BCUT2D eigenvalue weighted by Gasteiger charge is 2.44. The lowest BCUT2D eigenvalue weighted by Crippen LogP contribution is -2.37. The van der Waals surface area contributed by atoms with E-state index in [-0.39, 0.29) is 35.6 Å². The number of carbonyl (C=O) groups excluding carboxylic acids is 2. The minimum absolute atomic E-state index is 0.0159. The monoisotopic (exact) mass is 440 g/mol. The van der Waals surface area contributed by atoms with E-state index in [2.05, 4.69) is 21.2 Å². The molecule has 0 bridgehead atoms. The van der Waals surface area contributed by atoms with Crippen LogP contribution in [0.5, 0.6) is 5.75 Å². The maximum absolute atomic E-state index is 11.9. The number of nitrogens with one attached hydrogen (secondary N) is 1. The second-order valence-corrected chi connectivity index (χ2v) is 8.54. The highest BCUT2D eigenvalue weighted by molar-refractivity contribution is 9.10. The van der Waals surface area contributed by atoms with Gasteiger partial charge >= 0.3 is 5.97 Å². The van der Waals surface area contributed by atoms with Crippen LogP contribution in [0.25, 0.3) is 0 Å². The molecule has 1 amide bonds. The Bertz CT molecular complexity index is 779. The first-order valence-corrected chi connectivity index (χ1v) is 10.1. The summed E-state index contributed by atoms with van der Waals surface area (Å²) in [7, 11) is 1.68. The van der Waals surface area contributed by atoms with Gasteiger partial charge in [-0.25, -0.2) is 0 Å². The first-order valence-electron chi connectivity index (χ1n) is 9.27. The number of esters is 1. The van der Waals surface area contributed by atoms with Gasteiger partial charge in [0.2, 0.25) is 5.91 Å². The zero-order chi connectivity index (χ0) is 19.6. The second kappa shape index (κ2) is 8.04. The Morgan fingerprint density at radius 3 is 2.52 bits per heavy atom. The zero-order valence-corrected chi connectivity index (χ0v) is 17.2. The minimum Gasteiger partial charge on any atom is -0.489 e. The van der Waals surface area contributed by atoms with Crippen LogP contribution >= 0.6 is 15.9 Å². The van der Waals surface area contributed by atoms with Crippen molar-refractivity contribution in [1.82, 2.24) is 9.88 Å². The molecule has 1 aromatic rings. The van der Waals surface area contributed by atoms with Crippen LogP contribution in [0.4, 0.5) is 0 Å². The Kier molecular flexibility index (Phi) is 5.93. The summed E-state index contributed by atoms with van der Waals surface area (Å²) < 4.78 is 13.6. The summed E-state index contributed by atoms with van der Waals surface area (Å²) in [5.41, 5.74) is -0.416. The highest BCUT2D eigenvalue weighted by Crippen LogP contribution is 2.44. The fourth-order valence-electron chi connectivity index (χ4n) is 3.13. The molecule has 0 saturated heterocycles. The summed E-state index contributed by atoms with van der Waals surface area (Å²) in [4.78, 5) is 35.5. The number of ether oxygens (including phenoxy) is 2. The van der Waals surface area contributed by atoms with Gasteiger partial charge in [-0.1, -0.05) is 6.92 Å². The lowest BCUT2D eigenvalue weighted by Gasteiger charge is -2.29. The van der Waals surface area contributed by atoms with E-state index in [0.29, 0.717) is 18.6 Å². The lowest BCUT2D eigenvalue weighted by molar-refractivity contribution is -0.151.